The van der Waals surface area contributed by atoms with Crippen LogP contribution in [0.2, 0.25) is 0 Å². The lowest BCUT2D eigenvalue weighted by Crippen LogP contribution is -2.49. The first kappa shape index (κ1) is 14.8. The number of hydrogen-bond donors (Lipinski definition) is 2. The van der Waals surface area contributed by atoms with Gasteiger partial charge in [-0.1, -0.05) is 18.2 Å². The summed E-state index contributed by atoms with van der Waals surface area (Å²) in [6, 6.07) is 8.88. The minimum atomic E-state index is 0.428. The summed E-state index contributed by atoms with van der Waals surface area (Å²) in [6.45, 7) is 6.78. The summed E-state index contributed by atoms with van der Waals surface area (Å²) in [5.74, 6) is 1.80. The molecule has 0 aromatic heterocycles. The van der Waals surface area contributed by atoms with Crippen LogP contribution in [0, 0.1) is 5.92 Å². The molecule has 21 heavy (non-hydrogen) atoms. The van der Waals surface area contributed by atoms with Crippen LogP contribution in [0.15, 0.2) is 24.3 Å². The summed E-state index contributed by atoms with van der Waals surface area (Å²) < 4.78 is 5.57. The minimum absolute atomic E-state index is 0.428. The van der Waals surface area contributed by atoms with Crippen LogP contribution in [0.3, 0.4) is 0 Å². The predicted octanol–water partition coefficient (Wildman–Crippen LogP) is 1.64. The van der Waals surface area contributed by atoms with E-state index in [1.54, 1.807) is 7.11 Å². The van der Waals surface area contributed by atoms with Gasteiger partial charge in [0, 0.05) is 31.7 Å². The van der Waals surface area contributed by atoms with Gasteiger partial charge in [-0.2, -0.15) is 0 Å². The maximum atomic E-state index is 5.57. The van der Waals surface area contributed by atoms with E-state index in [2.05, 4.69) is 33.7 Å². The lowest BCUT2D eigenvalue weighted by atomic mass is 9.96. The minimum Gasteiger partial charge on any atom is -0.496 e. The van der Waals surface area contributed by atoms with Crippen molar-refractivity contribution in [3.63, 3.8) is 0 Å². The molecule has 0 amide bonds. The van der Waals surface area contributed by atoms with E-state index in [1.165, 1.54) is 38.0 Å². The Hall–Kier alpha value is -1.10. The van der Waals surface area contributed by atoms with Crippen LogP contribution in [-0.2, 0) is 0 Å². The molecule has 0 aliphatic carbocycles. The van der Waals surface area contributed by atoms with Gasteiger partial charge in [0.05, 0.1) is 13.2 Å². The normalized spacial score (nSPS) is 27.5. The van der Waals surface area contributed by atoms with Gasteiger partial charge < -0.3 is 15.4 Å². The van der Waals surface area contributed by atoms with Crippen molar-refractivity contribution in [3.05, 3.63) is 29.8 Å². The van der Waals surface area contributed by atoms with Gasteiger partial charge in [-0.05, 0) is 37.9 Å². The molecule has 3 rings (SSSR count). The smallest absolute Gasteiger partial charge is 0.123 e. The van der Waals surface area contributed by atoms with Crippen molar-refractivity contribution in [3.8, 4) is 5.75 Å². The van der Waals surface area contributed by atoms with Crippen LogP contribution in [-0.4, -0.2) is 51.3 Å². The molecule has 2 unspecified atom stereocenters. The van der Waals surface area contributed by atoms with Gasteiger partial charge >= 0.3 is 0 Å². The van der Waals surface area contributed by atoms with Gasteiger partial charge in [-0.3, -0.25) is 4.90 Å². The molecule has 1 aromatic rings. The van der Waals surface area contributed by atoms with Crippen molar-refractivity contribution in [2.24, 2.45) is 5.92 Å². The maximum Gasteiger partial charge on any atom is 0.123 e. The summed E-state index contributed by atoms with van der Waals surface area (Å²) in [4.78, 5) is 2.64. The number of hydrogen-bond acceptors (Lipinski definition) is 4. The molecule has 4 nitrogen and oxygen atoms in total. The van der Waals surface area contributed by atoms with Crippen molar-refractivity contribution in [1.82, 2.24) is 15.5 Å². The molecule has 2 atom stereocenters. The third-order valence-electron chi connectivity index (χ3n) is 4.74. The molecule has 0 spiro atoms. The third-order valence-corrected chi connectivity index (χ3v) is 4.74. The first-order valence-electron chi connectivity index (χ1n) is 8.17. The molecule has 1 aromatic carbocycles. The van der Waals surface area contributed by atoms with E-state index >= 15 is 0 Å². The number of piperidine rings is 1. The fourth-order valence-corrected chi connectivity index (χ4v) is 3.62. The van der Waals surface area contributed by atoms with Crippen LogP contribution in [0.1, 0.15) is 24.4 Å². The van der Waals surface area contributed by atoms with E-state index in [1.807, 2.05) is 6.07 Å². The van der Waals surface area contributed by atoms with E-state index in [0.29, 0.717) is 6.04 Å². The maximum absolute atomic E-state index is 5.57. The summed E-state index contributed by atoms with van der Waals surface area (Å²) in [5, 5.41) is 7.07. The first-order valence-corrected chi connectivity index (χ1v) is 8.17. The molecule has 0 saturated carbocycles. The van der Waals surface area contributed by atoms with Gasteiger partial charge in [0.1, 0.15) is 5.75 Å². The molecule has 2 aliphatic rings. The SMILES string of the molecule is COc1ccccc1C1CNCCN1CC1CCCNC1. The van der Waals surface area contributed by atoms with Gasteiger partial charge in [0.15, 0.2) is 0 Å². The number of rotatable bonds is 4. The van der Waals surface area contributed by atoms with Crippen LogP contribution in [0.25, 0.3) is 0 Å². The van der Waals surface area contributed by atoms with Crippen molar-refractivity contribution >= 4 is 0 Å². The molecular weight excluding hydrogens is 262 g/mol. The van der Waals surface area contributed by atoms with Crippen LogP contribution in [0.4, 0.5) is 0 Å². The standard InChI is InChI=1S/C17H27N3O/c1-21-17-7-3-2-6-15(17)16-12-19-9-10-20(16)13-14-5-4-8-18-11-14/h2-3,6-7,14,16,18-19H,4-5,8-13H2,1H3. The number of benzene rings is 1. The zero-order chi connectivity index (χ0) is 14.5. The number of nitrogens with one attached hydrogen (secondary N) is 2. The highest BCUT2D eigenvalue weighted by Crippen LogP contribution is 2.31. The van der Waals surface area contributed by atoms with E-state index < -0.39 is 0 Å². The average molecular weight is 289 g/mol. The molecule has 2 fully saturated rings. The van der Waals surface area contributed by atoms with E-state index in [-0.39, 0.29) is 0 Å². The number of methoxy groups -OCH3 is 1. The second-order valence-corrected chi connectivity index (χ2v) is 6.17. The Morgan fingerprint density at radius 3 is 2.86 bits per heavy atom. The Labute approximate surface area is 127 Å². The van der Waals surface area contributed by atoms with Gasteiger partial charge in [0.25, 0.3) is 0 Å². The highest BCUT2D eigenvalue weighted by atomic mass is 16.5. The average Bonchev–Trinajstić information content (AvgIpc) is 2.56. The molecule has 2 saturated heterocycles. The lowest BCUT2D eigenvalue weighted by Gasteiger charge is -2.39. The van der Waals surface area contributed by atoms with Crippen molar-refractivity contribution in [1.29, 1.82) is 0 Å². The molecular formula is C17H27N3O. The fourth-order valence-electron chi connectivity index (χ4n) is 3.62. The fraction of sp³-hybridized carbons (Fsp3) is 0.647. The van der Waals surface area contributed by atoms with Crippen LogP contribution in [0.5, 0.6) is 5.75 Å². The molecule has 2 N–H and O–H groups in total. The molecule has 4 heteroatoms. The van der Waals surface area contributed by atoms with Gasteiger partial charge in [0.2, 0.25) is 0 Å². The van der Waals surface area contributed by atoms with Gasteiger partial charge in [-0.15, -0.1) is 0 Å². The Morgan fingerprint density at radius 2 is 2.05 bits per heavy atom. The topological polar surface area (TPSA) is 36.5 Å². The molecule has 0 radical (unpaired) electrons. The Morgan fingerprint density at radius 1 is 1.19 bits per heavy atom. The monoisotopic (exact) mass is 289 g/mol. The second kappa shape index (κ2) is 7.25. The van der Waals surface area contributed by atoms with Crippen molar-refractivity contribution in [2.75, 3.05) is 46.4 Å². The third kappa shape index (κ3) is 3.57. The number of nitrogens with zero attached hydrogens (tertiary/aromatic N) is 1. The summed E-state index contributed by atoms with van der Waals surface area (Å²) in [5.41, 5.74) is 1.32. The van der Waals surface area contributed by atoms with Crippen LogP contribution >= 0.6 is 0 Å². The summed E-state index contributed by atoms with van der Waals surface area (Å²) in [6.07, 6.45) is 2.67. The molecule has 2 aliphatic heterocycles. The van der Waals surface area contributed by atoms with Gasteiger partial charge in [-0.25, -0.2) is 0 Å². The zero-order valence-corrected chi connectivity index (χ0v) is 13.0. The molecule has 0 bridgehead atoms. The number of para-hydroxylation sites is 1. The Kier molecular flexibility index (Phi) is 5.12. The molecule has 116 valence electrons. The van der Waals surface area contributed by atoms with E-state index in [0.717, 1.165) is 31.3 Å². The summed E-state index contributed by atoms with van der Waals surface area (Å²) >= 11 is 0. The Balaban J connectivity index is 1.74. The Bertz CT molecular complexity index is 445. The highest BCUT2D eigenvalue weighted by molar-refractivity contribution is 5.36. The quantitative estimate of drug-likeness (QED) is 0.883. The summed E-state index contributed by atoms with van der Waals surface area (Å²) in [7, 11) is 1.77. The predicted molar refractivity (Wildman–Crippen MR) is 85.8 cm³/mol. The highest BCUT2D eigenvalue weighted by Gasteiger charge is 2.28. The van der Waals surface area contributed by atoms with E-state index in [4.69, 9.17) is 4.74 Å². The number of ether oxygens (including phenoxy) is 1. The van der Waals surface area contributed by atoms with E-state index in [9.17, 15) is 0 Å². The van der Waals surface area contributed by atoms with Crippen molar-refractivity contribution in [2.45, 2.75) is 18.9 Å². The second-order valence-electron chi connectivity index (χ2n) is 6.17. The first-order chi connectivity index (χ1) is 10.4. The molecule has 2 heterocycles. The van der Waals surface area contributed by atoms with Crippen molar-refractivity contribution < 1.29 is 4.74 Å². The largest absolute Gasteiger partial charge is 0.496 e. The zero-order valence-electron chi connectivity index (χ0n) is 13.0. The lowest BCUT2D eigenvalue weighted by molar-refractivity contribution is 0.126. The number of piperazine rings is 1. The van der Waals surface area contributed by atoms with Crippen LogP contribution < -0.4 is 15.4 Å².